The Balaban J connectivity index is 0.00000243. The Hall–Kier alpha value is -1.79. The molecule has 2 unspecified atom stereocenters. The molecule has 1 aromatic carbocycles. The SMILES string of the molecule is CNCC1CCN(C(=O)C2CCCN(C(=O)Nc3ccccc3)C2)C1.Cl. The number of halogens is 1. The highest BCUT2D eigenvalue weighted by molar-refractivity contribution is 5.90. The van der Waals surface area contributed by atoms with E-state index in [-0.39, 0.29) is 30.3 Å². The molecule has 7 heteroatoms. The average Bonchev–Trinajstić information content (AvgIpc) is 3.11. The van der Waals surface area contributed by atoms with Gasteiger partial charge in [-0.05, 0) is 50.9 Å². The molecule has 144 valence electrons. The third-order valence-corrected chi connectivity index (χ3v) is 5.17. The van der Waals surface area contributed by atoms with E-state index < -0.39 is 0 Å². The number of carbonyl (C=O) groups is 2. The molecule has 0 aromatic heterocycles. The van der Waals surface area contributed by atoms with Crippen molar-refractivity contribution in [2.24, 2.45) is 11.8 Å². The Morgan fingerprint density at radius 2 is 1.85 bits per heavy atom. The van der Waals surface area contributed by atoms with Crippen molar-refractivity contribution in [1.29, 1.82) is 0 Å². The molecule has 2 aliphatic rings. The number of likely N-dealkylation sites (tertiary alicyclic amines) is 2. The van der Waals surface area contributed by atoms with Crippen LogP contribution in [0.25, 0.3) is 0 Å². The maximum Gasteiger partial charge on any atom is 0.321 e. The Morgan fingerprint density at radius 3 is 2.58 bits per heavy atom. The third-order valence-electron chi connectivity index (χ3n) is 5.17. The zero-order valence-electron chi connectivity index (χ0n) is 15.3. The number of para-hydroxylation sites is 1. The smallest absolute Gasteiger partial charge is 0.321 e. The normalized spacial score (nSPS) is 22.7. The second-order valence-electron chi connectivity index (χ2n) is 7.08. The van der Waals surface area contributed by atoms with E-state index in [9.17, 15) is 9.59 Å². The summed E-state index contributed by atoms with van der Waals surface area (Å²) in [4.78, 5) is 29.1. The topological polar surface area (TPSA) is 64.7 Å². The monoisotopic (exact) mass is 380 g/mol. The lowest BCUT2D eigenvalue weighted by Gasteiger charge is -2.34. The summed E-state index contributed by atoms with van der Waals surface area (Å²) in [6.45, 7) is 3.87. The van der Waals surface area contributed by atoms with Gasteiger partial charge in [0.05, 0.1) is 5.92 Å². The molecule has 0 saturated carbocycles. The molecule has 2 N–H and O–H groups in total. The van der Waals surface area contributed by atoms with Crippen molar-refractivity contribution in [3.8, 4) is 0 Å². The molecular formula is C19H29ClN4O2. The molecule has 0 spiro atoms. The predicted molar refractivity (Wildman–Crippen MR) is 106 cm³/mol. The molecule has 1 aromatic rings. The molecule has 6 nitrogen and oxygen atoms in total. The van der Waals surface area contributed by atoms with Crippen molar-refractivity contribution in [3.05, 3.63) is 30.3 Å². The number of amides is 3. The van der Waals surface area contributed by atoms with Gasteiger partial charge >= 0.3 is 6.03 Å². The average molecular weight is 381 g/mol. The fourth-order valence-corrected chi connectivity index (χ4v) is 3.83. The van der Waals surface area contributed by atoms with Crippen LogP contribution in [0.4, 0.5) is 10.5 Å². The van der Waals surface area contributed by atoms with Crippen LogP contribution < -0.4 is 10.6 Å². The highest BCUT2D eigenvalue weighted by Gasteiger charge is 2.34. The number of piperidine rings is 1. The summed E-state index contributed by atoms with van der Waals surface area (Å²) in [5.41, 5.74) is 0.787. The second kappa shape index (κ2) is 9.78. The molecule has 2 heterocycles. The van der Waals surface area contributed by atoms with Crippen molar-refractivity contribution >= 4 is 30.0 Å². The van der Waals surface area contributed by atoms with Gasteiger partial charge < -0.3 is 20.4 Å². The molecule has 2 atom stereocenters. The summed E-state index contributed by atoms with van der Waals surface area (Å²) in [6, 6.07) is 9.34. The summed E-state index contributed by atoms with van der Waals surface area (Å²) < 4.78 is 0. The fraction of sp³-hybridized carbons (Fsp3) is 0.579. The lowest BCUT2D eigenvalue weighted by molar-refractivity contribution is -0.135. The van der Waals surface area contributed by atoms with Crippen LogP contribution in [0, 0.1) is 11.8 Å². The largest absolute Gasteiger partial charge is 0.342 e. The highest BCUT2D eigenvalue weighted by atomic mass is 35.5. The van der Waals surface area contributed by atoms with Crippen molar-refractivity contribution in [1.82, 2.24) is 15.1 Å². The van der Waals surface area contributed by atoms with E-state index in [1.165, 1.54) is 0 Å². The molecule has 0 radical (unpaired) electrons. The Kier molecular flexibility index (Phi) is 7.72. The van der Waals surface area contributed by atoms with E-state index in [1.807, 2.05) is 42.3 Å². The number of nitrogens with zero attached hydrogens (tertiary/aromatic N) is 2. The molecule has 3 rings (SSSR count). The van der Waals surface area contributed by atoms with Gasteiger partial charge in [0, 0.05) is 31.9 Å². The van der Waals surface area contributed by atoms with E-state index in [0.717, 1.165) is 44.6 Å². The van der Waals surface area contributed by atoms with E-state index in [4.69, 9.17) is 0 Å². The highest BCUT2D eigenvalue weighted by Crippen LogP contribution is 2.24. The van der Waals surface area contributed by atoms with Gasteiger partial charge in [0.15, 0.2) is 0 Å². The molecule has 2 fully saturated rings. The van der Waals surface area contributed by atoms with E-state index >= 15 is 0 Å². The zero-order valence-corrected chi connectivity index (χ0v) is 16.1. The van der Waals surface area contributed by atoms with Crippen LogP contribution in [0.2, 0.25) is 0 Å². The summed E-state index contributed by atoms with van der Waals surface area (Å²) in [5.74, 6) is 0.703. The molecule has 0 bridgehead atoms. The van der Waals surface area contributed by atoms with Crippen LogP contribution in [0.5, 0.6) is 0 Å². The molecule has 0 aliphatic carbocycles. The van der Waals surface area contributed by atoms with E-state index in [0.29, 0.717) is 19.0 Å². The summed E-state index contributed by atoms with van der Waals surface area (Å²) in [5, 5.41) is 6.11. The van der Waals surface area contributed by atoms with Crippen LogP contribution >= 0.6 is 12.4 Å². The third kappa shape index (κ3) is 5.11. The lowest BCUT2D eigenvalue weighted by Crippen LogP contribution is -2.47. The summed E-state index contributed by atoms with van der Waals surface area (Å²) in [6.07, 6.45) is 2.82. The first-order valence-corrected chi connectivity index (χ1v) is 9.21. The van der Waals surface area contributed by atoms with Gasteiger partial charge in [-0.3, -0.25) is 4.79 Å². The van der Waals surface area contributed by atoms with Gasteiger partial charge in [-0.25, -0.2) is 4.79 Å². The number of rotatable bonds is 4. The number of urea groups is 1. The molecule has 3 amide bonds. The first-order chi connectivity index (χ1) is 12.2. The summed E-state index contributed by atoms with van der Waals surface area (Å²) >= 11 is 0. The number of benzene rings is 1. The van der Waals surface area contributed by atoms with Gasteiger partial charge in [-0.2, -0.15) is 0 Å². The van der Waals surface area contributed by atoms with Crippen molar-refractivity contribution in [2.45, 2.75) is 19.3 Å². The lowest BCUT2D eigenvalue weighted by atomic mass is 9.97. The number of carbonyl (C=O) groups excluding carboxylic acids is 2. The number of hydrogen-bond acceptors (Lipinski definition) is 3. The fourth-order valence-electron chi connectivity index (χ4n) is 3.83. The summed E-state index contributed by atoms with van der Waals surface area (Å²) in [7, 11) is 1.95. The molecule has 2 aliphatic heterocycles. The minimum Gasteiger partial charge on any atom is -0.342 e. The Labute approximate surface area is 161 Å². The van der Waals surface area contributed by atoms with Crippen molar-refractivity contribution in [2.75, 3.05) is 45.1 Å². The standard InChI is InChI=1S/C19H28N4O2.ClH/c1-20-12-15-9-11-22(13-15)18(24)16-6-5-10-23(14-16)19(25)21-17-7-3-2-4-8-17;/h2-4,7-8,15-16,20H,5-6,9-14H2,1H3,(H,21,25);1H. The minimum absolute atomic E-state index is 0. The van der Waals surface area contributed by atoms with Crippen LogP contribution in [0.1, 0.15) is 19.3 Å². The molecule has 26 heavy (non-hydrogen) atoms. The van der Waals surface area contributed by atoms with Crippen LogP contribution in [-0.2, 0) is 4.79 Å². The van der Waals surface area contributed by atoms with Gasteiger partial charge in [-0.15, -0.1) is 12.4 Å². The Morgan fingerprint density at radius 1 is 1.08 bits per heavy atom. The quantitative estimate of drug-likeness (QED) is 0.843. The van der Waals surface area contributed by atoms with E-state index in [2.05, 4.69) is 10.6 Å². The van der Waals surface area contributed by atoms with Gasteiger partial charge in [0.1, 0.15) is 0 Å². The second-order valence-corrected chi connectivity index (χ2v) is 7.08. The van der Waals surface area contributed by atoms with Crippen LogP contribution in [0.3, 0.4) is 0 Å². The molecule has 2 saturated heterocycles. The molecular weight excluding hydrogens is 352 g/mol. The maximum absolute atomic E-state index is 12.8. The van der Waals surface area contributed by atoms with Crippen LogP contribution in [0.15, 0.2) is 30.3 Å². The Bertz CT molecular complexity index is 598. The van der Waals surface area contributed by atoms with Crippen molar-refractivity contribution < 1.29 is 9.59 Å². The first-order valence-electron chi connectivity index (χ1n) is 9.21. The minimum atomic E-state index is -0.113. The van der Waals surface area contributed by atoms with Gasteiger partial charge in [-0.1, -0.05) is 18.2 Å². The first kappa shape index (κ1) is 20.5. The maximum atomic E-state index is 12.8. The van der Waals surface area contributed by atoms with Gasteiger partial charge in [0.2, 0.25) is 5.91 Å². The van der Waals surface area contributed by atoms with E-state index in [1.54, 1.807) is 4.90 Å². The van der Waals surface area contributed by atoms with Crippen molar-refractivity contribution in [3.63, 3.8) is 0 Å². The van der Waals surface area contributed by atoms with Crippen LogP contribution in [-0.4, -0.2) is 61.5 Å². The predicted octanol–water partition coefficient (Wildman–Crippen LogP) is 2.42. The number of anilines is 1. The number of nitrogens with one attached hydrogen (secondary N) is 2. The van der Waals surface area contributed by atoms with Gasteiger partial charge in [0.25, 0.3) is 0 Å². The number of hydrogen-bond donors (Lipinski definition) is 2. The zero-order chi connectivity index (χ0) is 17.6.